The zero-order valence-electron chi connectivity index (χ0n) is 14.5. The van der Waals surface area contributed by atoms with Gasteiger partial charge in [-0.1, -0.05) is 6.07 Å². The van der Waals surface area contributed by atoms with E-state index in [0.717, 1.165) is 32.8 Å². The third-order valence-electron chi connectivity index (χ3n) is 4.79. The Morgan fingerprint density at radius 2 is 2.12 bits per heavy atom. The molecule has 2 saturated heterocycles. The molecule has 0 aliphatic carbocycles. The Morgan fingerprint density at radius 1 is 1.36 bits per heavy atom. The Balaban J connectivity index is 1.50. The SMILES string of the molecule is Cc1ccc(N2CC(C(=O)NCCN3CCOCC3)CC2=O)cc1F. The molecule has 136 valence electrons. The van der Waals surface area contributed by atoms with Gasteiger partial charge in [-0.3, -0.25) is 14.5 Å². The quantitative estimate of drug-likeness (QED) is 0.859. The predicted molar refractivity (Wildman–Crippen MR) is 91.9 cm³/mol. The number of benzene rings is 1. The van der Waals surface area contributed by atoms with Crippen LogP contribution in [0.4, 0.5) is 10.1 Å². The van der Waals surface area contributed by atoms with Gasteiger partial charge in [0.1, 0.15) is 5.82 Å². The Labute approximate surface area is 146 Å². The smallest absolute Gasteiger partial charge is 0.227 e. The van der Waals surface area contributed by atoms with E-state index in [4.69, 9.17) is 4.74 Å². The van der Waals surface area contributed by atoms with Gasteiger partial charge in [-0.15, -0.1) is 0 Å². The van der Waals surface area contributed by atoms with Gasteiger partial charge in [-0.2, -0.15) is 0 Å². The van der Waals surface area contributed by atoms with Crippen LogP contribution in [0.3, 0.4) is 0 Å². The minimum atomic E-state index is -0.387. The van der Waals surface area contributed by atoms with Crippen LogP contribution in [0.1, 0.15) is 12.0 Å². The monoisotopic (exact) mass is 349 g/mol. The van der Waals surface area contributed by atoms with Crippen LogP contribution in [0.2, 0.25) is 0 Å². The van der Waals surface area contributed by atoms with Gasteiger partial charge >= 0.3 is 0 Å². The molecule has 2 fully saturated rings. The molecular formula is C18H24FN3O3. The minimum absolute atomic E-state index is 0.114. The normalized spacial score (nSPS) is 21.6. The Morgan fingerprint density at radius 3 is 2.84 bits per heavy atom. The number of amides is 2. The van der Waals surface area contributed by atoms with E-state index < -0.39 is 0 Å². The number of hydrogen-bond acceptors (Lipinski definition) is 4. The number of morpholine rings is 1. The standard InChI is InChI=1S/C18H24FN3O3/c1-13-2-3-15(11-16(13)19)22-12-14(10-17(22)23)18(24)20-4-5-21-6-8-25-9-7-21/h2-3,11,14H,4-10,12H2,1H3,(H,20,24). The highest BCUT2D eigenvalue weighted by molar-refractivity contribution is 6.00. The Bertz CT molecular complexity index is 646. The maximum absolute atomic E-state index is 13.7. The number of halogens is 1. The average molecular weight is 349 g/mol. The molecule has 3 rings (SSSR count). The minimum Gasteiger partial charge on any atom is -0.379 e. The second-order valence-corrected chi connectivity index (χ2v) is 6.58. The van der Waals surface area contributed by atoms with E-state index >= 15 is 0 Å². The summed E-state index contributed by atoms with van der Waals surface area (Å²) < 4.78 is 19.0. The molecule has 0 aromatic heterocycles. The summed E-state index contributed by atoms with van der Waals surface area (Å²) in [5.74, 6) is -0.987. The maximum atomic E-state index is 13.7. The summed E-state index contributed by atoms with van der Waals surface area (Å²) in [6.07, 6.45) is 0.166. The van der Waals surface area contributed by atoms with Gasteiger partial charge in [0.2, 0.25) is 11.8 Å². The van der Waals surface area contributed by atoms with Crippen molar-refractivity contribution in [2.75, 3.05) is 50.8 Å². The zero-order chi connectivity index (χ0) is 17.8. The van der Waals surface area contributed by atoms with Crippen molar-refractivity contribution in [2.45, 2.75) is 13.3 Å². The van der Waals surface area contributed by atoms with Crippen molar-refractivity contribution in [3.05, 3.63) is 29.6 Å². The first kappa shape index (κ1) is 17.8. The number of nitrogens with zero attached hydrogens (tertiary/aromatic N) is 2. The third-order valence-corrected chi connectivity index (χ3v) is 4.79. The van der Waals surface area contributed by atoms with Crippen LogP contribution in [0.15, 0.2) is 18.2 Å². The fourth-order valence-electron chi connectivity index (χ4n) is 3.19. The number of nitrogens with one attached hydrogen (secondary N) is 1. The molecule has 0 saturated carbocycles. The fraction of sp³-hybridized carbons (Fsp3) is 0.556. The molecule has 0 radical (unpaired) electrons. The Hall–Kier alpha value is -1.99. The molecule has 1 aromatic rings. The molecule has 1 atom stereocenters. The van der Waals surface area contributed by atoms with E-state index in [9.17, 15) is 14.0 Å². The lowest BCUT2D eigenvalue weighted by Crippen LogP contribution is -2.42. The predicted octanol–water partition coefficient (Wildman–Crippen LogP) is 0.935. The molecule has 1 N–H and O–H groups in total. The summed E-state index contributed by atoms with van der Waals surface area (Å²) in [7, 11) is 0. The molecule has 0 bridgehead atoms. The molecule has 1 unspecified atom stereocenters. The van der Waals surface area contributed by atoms with Crippen molar-refractivity contribution in [1.82, 2.24) is 10.2 Å². The van der Waals surface area contributed by atoms with E-state index in [-0.39, 0.29) is 30.0 Å². The lowest BCUT2D eigenvalue weighted by Gasteiger charge is -2.26. The molecule has 2 amide bonds. The van der Waals surface area contributed by atoms with E-state index in [1.165, 1.54) is 11.0 Å². The molecule has 6 nitrogen and oxygen atoms in total. The van der Waals surface area contributed by atoms with Gasteiger partial charge in [-0.05, 0) is 24.6 Å². The number of anilines is 1. The first-order valence-corrected chi connectivity index (χ1v) is 8.69. The van der Waals surface area contributed by atoms with E-state index in [2.05, 4.69) is 10.2 Å². The highest BCUT2D eigenvalue weighted by atomic mass is 19.1. The number of carbonyl (C=O) groups excluding carboxylic acids is 2. The molecule has 1 aromatic carbocycles. The number of aryl methyl sites for hydroxylation is 1. The van der Waals surface area contributed by atoms with Crippen LogP contribution in [0.25, 0.3) is 0 Å². The molecule has 7 heteroatoms. The largest absolute Gasteiger partial charge is 0.379 e. The van der Waals surface area contributed by atoms with Gasteiger partial charge in [0, 0.05) is 44.8 Å². The van der Waals surface area contributed by atoms with Crippen molar-refractivity contribution in [3.63, 3.8) is 0 Å². The summed E-state index contributed by atoms with van der Waals surface area (Å²) in [6, 6.07) is 4.72. The summed E-state index contributed by atoms with van der Waals surface area (Å²) in [5, 5.41) is 2.91. The lowest BCUT2D eigenvalue weighted by molar-refractivity contribution is -0.126. The second-order valence-electron chi connectivity index (χ2n) is 6.58. The number of ether oxygens (including phenoxy) is 1. The topological polar surface area (TPSA) is 61.9 Å². The van der Waals surface area contributed by atoms with Crippen molar-refractivity contribution in [2.24, 2.45) is 5.92 Å². The van der Waals surface area contributed by atoms with E-state index in [1.54, 1.807) is 19.1 Å². The number of carbonyl (C=O) groups is 2. The molecule has 2 aliphatic heterocycles. The third kappa shape index (κ3) is 4.35. The van der Waals surface area contributed by atoms with Gasteiger partial charge in [0.15, 0.2) is 0 Å². The maximum Gasteiger partial charge on any atom is 0.227 e. The van der Waals surface area contributed by atoms with E-state index in [1.807, 2.05) is 0 Å². The van der Waals surface area contributed by atoms with Crippen LogP contribution < -0.4 is 10.2 Å². The van der Waals surface area contributed by atoms with Crippen molar-refractivity contribution < 1.29 is 18.7 Å². The average Bonchev–Trinajstić information content (AvgIpc) is 3.00. The fourth-order valence-corrected chi connectivity index (χ4v) is 3.19. The van der Waals surface area contributed by atoms with Crippen molar-refractivity contribution >= 4 is 17.5 Å². The summed E-state index contributed by atoms with van der Waals surface area (Å²) in [4.78, 5) is 28.3. The highest BCUT2D eigenvalue weighted by Gasteiger charge is 2.35. The van der Waals surface area contributed by atoms with Crippen LogP contribution in [0.5, 0.6) is 0 Å². The molecule has 2 heterocycles. The van der Waals surface area contributed by atoms with Crippen LogP contribution in [-0.4, -0.2) is 62.7 Å². The lowest BCUT2D eigenvalue weighted by atomic mass is 10.1. The zero-order valence-corrected chi connectivity index (χ0v) is 14.5. The summed E-state index contributed by atoms with van der Waals surface area (Å²) in [5.41, 5.74) is 1.05. The Kier molecular flexibility index (Phi) is 5.65. The number of hydrogen-bond donors (Lipinski definition) is 1. The van der Waals surface area contributed by atoms with Gasteiger partial charge in [0.25, 0.3) is 0 Å². The van der Waals surface area contributed by atoms with Crippen LogP contribution in [-0.2, 0) is 14.3 Å². The van der Waals surface area contributed by atoms with Gasteiger partial charge in [-0.25, -0.2) is 4.39 Å². The molecule has 2 aliphatic rings. The second kappa shape index (κ2) is 7.93. The molecule has 25 heavy (non-hydrogen) atoms. The highest BCUT2D eigenvalue weighted by Crippen LogP contribution is 2.26. The number of rotatable bonds is 5. The first-order valence-electron chi connectivity index (χ1n) is 8.69. The van der Waals surface area contributed by atoms with E-state index in [0.29, 0.717) is 24.3 Å². The van der Waals surface area contributed by atoms with Crippen molar-refractivity contribution in [1.29, 1.82) is 0 Å². The molecule has 0 spiro atoms. The summed E-state index contributed by atoms with van der Waals surface area (Å²) >= 11 is 0. The first-order chi connectivity index (χ1) is 12.0. The molecular weight excluding hydrogens is 325 g/mol. The summed E-state index contributed by atoms with van der Waals surface area (Å²) in [6.45, 7) is 6.53. The van der Waals surface area contributed by atoms with Crippen LogP contribution >= 0.6 is 0 Å². The van der Waals surface area contributed by atoms with Gasteiger partial charge in [0.05, 0.1) is 19.1 Å². The van der Waals surface area contributed by atoms with Crippen LogP contribution in [0, 0.1) is 18.7 Å². The van der Waals surface area contributed by atoms with Gasteiger partial charge < -0.3 is 15.0 Å². The van der Waals surface area contributed by atoms with Crippen molar-refractivity contribution in [3.8, 4) is 0 Å².